The summed E-state index contributed by atoms with van der Waals surface area (Å²) < 4.78 is 12.6. The van der Waals surface area contributed by atoms with Gasteiger partial charge in [0.1, 0.15) is 11.2 Å². The highest BCUT2D eigenvalue weighted by atomic mass is 16.6. The molecule has 0 amide bonds. The maximum absolute atomic E-state index is 12.0. The van der Waals surface area contributed by atoms with Crippen molar-refractivity contribution in [2.24, 2.45) is 22.7 Å². The average molecular weight is 356 g/mol. The van der Waals surface area contributed by atoms with E-state index in [9.17, 15) is 9.59 Å². The maximum atomic E-state index is 12.0. The van der Waals surface area contributed by atoms with Crippen molar-refractivity contribution < 1.29 is 19.1 Å². The molecule has 2 spiro atoms. The molecule has 5 fully saturated rings. The molecule has 4 nitrogen and oxygen atoms in total. The smallest absolute Gasteiger partial charge is 0.306 e. The molecule has 2 heterocycles. The van der Waals surface area contributed by atoms with Gasteiger partial charge in [0.15, 0.2) is 5.78 Å². The van der Waals surface area contributed by atoms with E-state index in [0.717, 1.165) is 44.9 Å². The first-order valence-corrected chi connectivity index (χ1v) is 10.5. The van der Waals surface area contributed by atoms with Crippen LogP contribution in [-0.2, 0) is 19.1 Å². The van der Waals surface area contributed by atoms with Gasteiger partial charge in [-0.1, -0.05) is 19.4 Å². The molecule has 3 saturated carbocycles. The zero-order valence-corrected chi connectivity index (χ0v) is 15.8. The number of carbonyl (C=O) groups excluding carboxylic acids is 2. The topological polar surface area (TPSA) is 55.9 Å². The van der Waals surface area contributed by atoms with Gasteiger partial charge in [-0.3, -0.25) is 9.59 Å². The maximum Gasteiger partial charge on any atom is 0.306 e. The predicted octanol–water partition coefficient (Wildman–Crippen LogP) is 3.73. The number of hydrogen-bond acceptors (Lipinski definition) is 4. The van der Waals surface area contributed by atoms with Gasteiger partial charge in [-0.05, 0) is 62.9 Å². The molecule has 7 atom stereocenters. The Bertz CT molecular complexity index is 770. The van der Waals surface area contributed by atoms with Crippen LogP contribution in [0.1, 0.15) is 71.6 Å². The van der Waals surface area contributed by atoms with Crippen molar-refractivity contribution >= 4 is 11.8 Å². The Kier molecular flexibility index (Phi) is 2.72. The fourth-order valence-corrected chi connectivity index (χ4v) is 8.30. The molecular formula is C22H28O4. The number of carbonyl (C=O) groups is 2. The highest BCUT2D eigenvalue weighted by Gasteiger charge is 2.81. The van der Waals surface area contributed by atoms with E-state index in [1.807, 2.05) is 6.08 Å². The summed E-state index contributed by atoms with van der Waals surface area (Å²) in [6.45, 7) is 4.74. The van der Waals surface area contributed by atoms with E-state index in [4.69, 9.17) is 9.47 Å². The van der Waals surface area contributed by atoms with Crippen LogP contribution in [0.3, 0.4) is 0 Å². The van der Waals surface area contributed by atoms with Gasteiger partial charge in [-0.25, -0.2) is 0 Å². The highest BCUT2D eigenvalue weighted by Crippen LogP contribution is 2.77. The number of fused-ring (bicyclic) bond motifs is 4. The van der Waals surface area contributed by atoms with E-state index >= 15 is 0 Å². The van der Waals surface area contributed by atoms with Crippen LogP contribution in [0, 0.1) is 22.7 Å². The minimum Gasteiger partial charge on any atom is -0.458 e. The molecule has 0 radical (unpaired) electrons. The van der Waals surface area contributed by atoms with Crippen molar-refractivity contribution in [3.8, 4) is 0 Å². The molecule has 2 saturated heterocycles. The molecule has 0 aromatic carbocycles. The SMILES string of the molecule is C[C@]12CCC(=O)C=C1CCC1C3CC[C@@]4(CCC(=O)O4)[C@@]3(C)CC3O[C@]312. The van der Waals surface area contributed by atoms with Crippen molar-refractivity contribution in [2.75, 3.05) is 0 Å². The highest BCUT2D eigenvalue weighted by molar-refractivity contribution is 5.91. The Hall–Kier alpha value is -1.16. The average Bonchev–Trinajstić information content (AvgIpc) is 3.08. The van der Waals surface area contributed by atoms with Gasteiger partial charge in [-0.15, -0.1) is 0 Å². The van der Waals surface area contributed by atoms with Gasteiger partial charge in [0, 0.05) is 23.7 Å². The summed E-state index contributed by atoms with van der Waals surface area (Å²) in [5.74, 6) is 1.40. The Morgan fingerprint density at radius 1 is 1.00 bits per heavy atom. The van der Waals surface area contributed by atoms with E-state index in [1.165, 1.54) is 5.57 Å². The van der Waals surface area contributed by atoms with E-state index in [2.05, 4.69) is 13.8 Å². The van der Waals surface area contributed by atoms with Gasteiger partial charge < -0.3 is 9.47 Å². The number of ketones is 1. The van der Waals surface area contributed by atoms with E-state index in [0.29, 0.717) is 30.5 Å². The molecule has 6 rings (SSSR count). The Morgan fingerprint density at radius 3 is 2.62 bits per heavy atom. The van der Waals surface area contributed by atoms with Crippen molar-refractivity contribution in [2.45, 2.75) is 88.9 Å². The second-order valence-electron chi connectivity index (χ2n) is 10.2. The van der Waals surface area contributed by atoms with Crippen LogP contribution in [-0.4, -0.2) is 29.1 Å². The third-order valence-electron chi connectivity index (χ3n) is 9.67. The zero-order chi connectivity index (χ0) is 17.9. The Labute approximate surface area is 154 Å². The summed E-state index contributed by atoms with van der Waals surface area (Å²) in [4.78, 5) is 24.0. The molecule has 3 unspecified atom stereocenters. The predicted molar refractivity (Wildman–Crippen MR) is 94.3 cm³/mol. The third-order valence-corrected chi connectivity index (χ3v) is 9.67. The molecule has 0 aromatic rings. The summed E-state index contributed by atoms with van der Waals surface area (Å²) in [5.41, 5.74) is 1.12. The molecular weight excluding hydrogens is 328 g/mol. The van der Waals surface area contributed by atoms with Crippen LogP contribution in [0.5, 0.6) is 0 Å². The monoisotopic (exact) mass is 356 g/mol. The Morgan fingerprint density at radius 2 is 1.85 bits per heavy atom. The fourth-order valence-electron chi connectivity index (χ4n) is 8.30. The van der Waals surface area contributed by atoms with Crippen molar-refractivity contribution in [3.63, 3.8) is 0 Å². The van der Waals surface area contributed by atoms with E-state index < -0.39 is 0 Å². The molecule has 26 heavy (non-hydrogen) atoms. The molecule has 0 N–H and O–H groups in total. The van der Waals surface area contributed by atoms with Crippen LogP contribution >= 0.6 is 0 Å². The van der Waals surface area contributed by atoms with E-state index in [-0.39, 0.29) is 34.1 Å². The lowest BCUT2D eigenvalue weighted by molar-refractivity contribution is -0.164. The fraction of sp³-hybridized carbons (Fsp3) is 0.818. The van der Waals surface area contributed by atoms with Crippen molar-refractivity contribution in [1.29, 1.82) is 0 Å². The summed E-state index contributed by atoms with van der Waals surface area (Å²) in [6.07, 6.45) is 10.6. The molecule has 4 aliphatic carbocycles. The van der Waals surface area contributed by atoms with Crippen LogP contribution in [0.15, 0.2) is 11.6 Å². The second-order valence-corrected chi connectivity index (χ2v) is 10.2. The minimum atomic E-state index is -0.244. The quantitative estimate of drug-likeness (QED) is 0.490. The first-order chi connectivity index (χ1) is 12.3. The van der Waals surface area contributed by atoms with Crippen LogP contribution in [0.25, 0.3) is 0 Å². The van der Waals surface area contributed by atoms with Gasteiger partial charge >= 0.3 is 5.97 Å². The first kappa shape index (κ1) is 15.9. The summed E-state index contributed by atoms with van der Waals surface area (Å²) in [5, 5.41) is 0. The van der Waals surface area contributed by atoms with Crippen LogP contribution < -0.4 is 0 Å². The standard InChI is InChI=1S/C22H28O4/c1-19-8-5-14(23)11-13(19)3-4-16-15-6-9-21(10-7-18(24)26-21)20(15,2)12-17-22(16,19)25-17/h11,15-17H,3-10,12H2,1-2H3/t15?,16?,17?,19-,20-,21+,22-/m0/s1. The number of hydrogen-bond donors (Lipinski definition) is 0. The number of ether oxygens (including phenoxy) is 2. The first-order valence-electron chi connectivity index (χ1n) is 10.5. The molecule has 0 aromatic heterocycles. The summed E-state index contributed by atoms with van der Waals surface area (Å²) in [7, 11) is 0. The molecule has 2 aliphatic heterocycles. The van der Waals surface area contributed by atoms with Crippen molar-refractivity contribution in [1.82, 2.24) is 0 Å². The van der Waals surface area contributed by atoms with Gasteiger partial charge in [0.2, 0.25) is 0 Å². The van der Waals surface area contributed by atoms with Gasteiger partial charge in [0.25, 0.3) is 0 Å². The molecule has 4 heteroatoms. The summed E-state index contributed by atoms with van der Waals surface area (Å²) in [6, 6.07) is 0. The normalized spacial score (nSPS) is 57.0. The van der Waals surface area contributed by atoms with Crippen LogP contribution in [0.4, 0.5) is 0 Å². The minimum absolute atomic E-state index is 0.00737. The number of esters is 1. The molecule has 6 aliphatic rings. The summed E-state index contributed by atoms with van der Waals surface area (Å²) >= 11 is 0. The third kappa shape index (κ3) is 1.51. The second kappa shape index (κ2) is 4.45. The van der Waals surface area contributed by atoms with Crippen LogP contribution in [0.2, 0.25) is 0 Å². The number of rotatable bonds is 0. The largest absolute Gasteiger partial charge is 0.458 e. The lowest BCUT2D eigenvalue weighted by atomic mass is 9.46. The molecule has 0 bridgehead atoms. The lowest BCUT2D eigenvalue weighted by Crippen LogP contribution is -2.59. The van der Waals surface area contributed by atoms with Crippen molar-refractivity contribution in [3.05, 3.63) is 11.6 Å². The zero-order valence-electron chi connectivity index (χ0n) is 15.8. The molecule has 140 valence electrons. The van der Waals surface area contributed by atoms with E-state index in [1.54, 1.807) is 0 Å². The lowest BCUT2D eigenvalue weighted by Gasteiger charge is -2.56. The van der Waals surface area contributed by atoms with Gasteiger partial charge in [0.05, 0.1) is 6.10 Å². The number of epoxide rings is 1. The Balaban J connectivity index is 1.42. The van der Waals surface area contributed by atoms with Gasteiger partial charge in [-0.2, -0.15) is 0 Å².